The van der Waals surface area contributed by atoms with Gasteiger partial charge in [-0.1, -0.05) is 116 Å². The number of fused-ring (bicyclic) bond motifs is 5. The summed E-state index contributed by atoms with van der Waals surface area (Å²) in [5, 5.41) is 31.0. The molecule has 0 saturated heterocycles. The molecule has 1 aromatic rings. The van der Waals surface area contributed by atoms with Crippen LogP contribution >= 0.6 is 0 Å². The second kappa shape index (κ2) is 34.8. The van der Waals surface area contributed by atoms with E-state index in [2.05, 4.69) is 90.2 Å². The average Bonchev–Trinajstić information content (AvgIpc) is 4.00. The molecule has 17 nitrogen and oxygen atoms in total. The fourth-order valence-electron chi connectivity index (χ4n) is 13.5. The minimum Gasteiger partial charge on any atom is -0.480 e. The number of benzene rings is 1. The maximum Gasteiger partial charge on any atom is 0.325 e. The van der Waals surface area contributed by atoms with Crippen molar-refractivity contribution in [2.24, 2.45) is 46.3 Å². The third kappa shape index (κ3) is 22.6. The summed E-state index contributed by atoms with van der Waals surface area (Å²) in [5.74, 6) is 2.05. The van der Waals surface area contributed by atoms with Gasteiger partial charge < -0.3 is 47.6 Å². The van der Waals surface area contributed by atoms with Crippen LogP contribution in [0.3, 0.4) is 0 Å². The summed E-state index contributed by atoms with van der Waals surface area (Å²) in [6.45, 7) is 19.9. The third-order valence-electron chi connectivity index (χ3n) is 18.1. The Morgan fingerprint density at radius 3 is 1.81 bits per heavy atom. The molecule has 17 heteroatoms. The van der Waals surface area contributed by atoms with Crippen molar-refractivity contribution in [1.82, 2.24) is 42.5 Å². The zero-order valence-electron chi connectivity index (χ0n) is 50.2. The van der Waals surface area contributed by atoms with E-state index in [0.29, 0.717) is 30.2 Å². The first-order chi connectivity index (χ1) is 38.2. The number of amides is 7. The first-order valence-electron chi connectivity index (χ1n) is 30.8. The summed E-state index contributed by atoms with van der Waals surface area (Å²) >= 11 is 0. The van der Waals surface area contributed by atoms with E-state index in [1.165, 1.54) is 110 Å². The topological polar surface area (TPSA) is 253 Å². The van der Waals surface area contributed by atoms with Crippen LogP contribution in [-0.2, 0) is 44.8 Å². The van der Waals surface area contributed by atoms with Crippen molar-refractivity contribution in [3.63, 3.8) is 0 Å². The quantitative estimate of drug-likeness (QED) is 0.0244. The van der Waals surface area contributed by atoms with Crippen LogP contribution in [0.4, 0.5) is 0 Å². The Balaban J connectivity index is 0.000000364. The standard InChI is InChI=1S/C32H57N.C31H47N7O9/c1-7-8-9-21-33-26-17-19-31(5)25(22-26)13-14-27-29-16-15-28(24(4)12-10-11-23(2)3)32(29,6)20-18-30(27)31;1-21(31(46)47)37-30(45)24(20-23-8-4-3-5-9-23)38-29(44)10-6-7-15-33-25(40)12-17-35-27(42)14-19-36-28(43)13-18-34-26(41)11-16-32-22(2)39/h13,23-24,26-30,33H,7-12,14-22H2,1-6H3;3-5,8-9,21,24H,6-7,10-20H2,1-2H3,(H,32,39)(H,33,40)(H,34,41)(H,35,42)(H,36,43)(H,37,45)(H,38,44)(H,46,47)/t24-,26+,27+,28?,29?,30?,31?,32?;21?,24-/m11/s1. The van der Waals surface area contributed by atoms with Crippen molar-refractivity contribution in [3.05, 3.63) is 47.5 Å². The lowest BCUT2D eigenvalue weighted by atomic mass is 9.47. The fraction of sp³-hybridized carbons (Fsp3) is 0.746. The maximum absolute atomic E-state index is 12.6. The van der Waals surface area contributed by atoms with Crippen LogP contribution in [-0.4, -0.2) is 110 Å². The van der Waals surface area contributed by atoms with E-state index in [4.69, 9.17) is 5.11 Å². The molecular weight excluding hydrogens is 1010 g/mol. The van der Waals surface area contributed by atoms with E-state index in [0.717, 1.165) is 47.1 Å². The summed E-state index contributed by atoms with van der Waals surface area (Å²) in [6.07, 6.45) is 24.2. The van der Waals surface area contributed by atoms with Gasteiger partial charge in [-0.2, -0.15) is 0 Å². The van der Waals surface area contributed by atoms with Gasteiger partial charge in [0, 0.05) is 84.2 Å². The zero-order chi connectivity index (χ0) is 58.7. The van der Waals surface area contributed by atoms with Gasteiger partial charge in [0.1, 0.15) is 12.1 Å². The minimum atomic E-state index is -1.19. The number of hydrogen-bond donors (Lipinski definition) is 9. The maximum atomic E-state index is 12.6. The molecule has 0 aromatic heterocycles. The highest BCUT2D eigenvalue weighted by atomic mass is 16.4. The molecule has 0 heterocycles. The highest BCUT2D eigenvalue weighted by molar-refractivity contribution is 5.90. The van der Waals surface area contributed by atoms with E-state index >= 15 is 0 Å². The monoisotopic (exact) mass is 1120 g/mol. The van der Waals surface area contributed by atoms with Crippen LogP contribution in [0, 0.1) is 46.3 Å². The van der Waals surface area contributed by atoms with Crippen LogP contribution in [0.2, 0.25) is 0 Å². The van der Waals surface area contributed by atoms with Crippen molar-refractivity contribution in [2.75, 3.05) is 39.3 Å². The largest absolute Gasteiger partial charge is 0.480 e. The second-order valence-corrected chi connectivity index (χ2v) is 24.6. The van der Waals surface area contributed by atoms with E-state index < -0.39 is 24.0 Å². The molecule has 4 aliphatic rings. The molecule has 80 heavy (non-hydrogen) atoms. The van der Waals surface area contributed by atoms with Crippen molar-refractivity contribution in [3.8, 4) is 0 Å². The number of allylic oxidation sites excluding steroid dienone is 1. The van der Waals surface area contributed by atoms with Crippen molar-refractivity contribution in [2.45, 2.75) is 215 Å². The highest BCUT2D eigenvalue weighted by Crippen LogP contribution is 2.67. The Hall–Kier alpha value is -5.32. The van der Waals surface area contributed by atoms with Gasteiger partial charge in [0.05, 0.1) is 0 Å². The zero-order valence-corrected chi connectivity index (χ0v) is 50.2. The lowest BCUT2D eigenvalue weighted by Crippen LogP contribution is -2.51. The molecule has 0 aliphatic heterocycles. The highest BCUT2D eigenvalue weighted by Gasteiger charge is 2.59. The number of aliphatic carboxylic acids is 1. The van der Waals surface area contributed by atoms with E-state index in [1.807, 2.05) is 11.6 Å². The number of hydrogen-bond acceptors (Lipinski definition) is 9. The first-order valence-corrected chi connectivity index (χ1v) is 30.8. The number of carboxylic acid groups (broad SMARTS) is 1. The fourth-order valence-corrected chi connectivity index (χ4v) is 13.5. The lowest BCUT2D eigenvalue weighted by molar-refractivity contribution is -0.141. The van der Waals surface area contributed by atoms with Crippen LogP contribution in [0.25, 0.3) is 0 Å². The molecule has 6 unspecified atom stereocenters. The molecule has 450 valence electrons. The Morgan fingerprint density at radius 2 is 1.23 bits per heavy atom. The van der Waals surface area contributed by atoms with Gasteiger partial charge >= 0.3 is 5.97 Å². The molecule has 0 bridgehead atoms. The van der Waals surface area contributed by atoms with Gasteiger partial charge in [0.15, 0.2) is 0 Å². The molecule has 1 aromatic carbocycles. The molecule has 0 spiro atoms. The Kier molecular flexibility index (Phi) is 29.3. The predicted molar refractivity (Wildman–Crippen MR) is 315 cm³/mol. The molecule has 10 atom stereocenters. The van der Waals surface area contributed by atoms with Gasteiger partial charge in [-0.25, -0.2) is 0 Å². The van der Waals surface area contributed by atoms with Gasteiger partial charge in [0.2, 0.25) is 41.4 Å². The smallest absolute Gasteiger partial charge is 0.325 e. The number of unbranched alkanes of at least 4 members (excludes halogenated alkanes) is 3. The van der Waals surface area contributed by atoms with Gasteiger partial charge in [0.25, 0.3) is 0 Å². The number of nitrogens with one attached hydrogen (secondary N) is 8. The van der Waals surface area contributed by atoms with E-state index in [9.17, 15) is 38.4 Å². The summed E-state index contributed by atoms with van der Waals surface area (Å²) in [5.41, 5.74) is 3.78. The van der Waals surface area contributed by atoms with Crippen molar-refractivity contribution >= 4 is 47.3 Å². The summed E-state index contributed by atoms with van der Waals surface area (Å²) in [4.78, 5) is 94.5. The molecule has 7 amide bonds. The second-order valence-electron chi connectivity index (χ2n) is 24.6. The lowest BCUT2D eigenvalue weighted by Gasteiger charge is -2.58. The molecular formula is C63H104N8O9. The van der Waals surface area contributed by atoms with E-state index in [1.54, 1.807) is 24.3 Å². The van der Waals surface area contributed by atoms with Crippen molar-refractivity contribution < 1.29 is 43.5 Å². The van der Waals surface area contributed by atoms with Crippen molar-refractivity contribution in [1.29, 1.82) is 0 Å². The summed E-state index contributed by atoms with van der Waals surface area (Å²) in [6, 6.07) is 7.69. The number of carbonyl (C=O) groups is 8. The molecule has 4 aliphatic carbocycles. The van der Waals surface area contributed by atoms with Crippen LogP contribution in [0.1, 0.15) is 196 Å². The van der Waals surface area contributed by atoms with Gasteiger partial charge in [-0.15, -0.1) is 0 Å². The number of carboxylic acids is 1. The number of rotatable bonds is 33. The average molecular weight is 1120 g/mol. The van der Waals surface area contributed by atoms with Gasteiger partial charge in [-0.05, 0) is 136 Å². The van der Waals surface area contributed by atoms with Crippen LogP contribution in [0.5, 0.6) is 0 Å². The number of carbonyl (C=O) groups excluding carboxylic acids is 7. The summed E-state index contributed by atoms with van der Waals surface area (Å²) in [7, 11) is 0. The normalized spacial score (nSPS) is 23.9. The molecule has 3 fully saturated rings. The third-order valence-corrected chi connectivity index (χ3v) is 18.1. The van der Waals surface area contributed by atoms with Crippen LogP contribution in [0.15, 0.2) is 42.0 Å². The molecule has 3 saturated carbocycles. The van der Waals surface area contributed by atoms with Crippen LogP contribution < -0.4 is 42.5 Å². The Labute approximate surface area is 479 Å². The molecule has 0 radical (unpaired) electrons. The summed E-state index contributed by atoms with van der Waals surface area (Å²) < 4.78 is 0. The SMILES string of the molecule is CC(=O)NCCC(=O)NCCC(=O)NCCC(=O)NCCC(=O)NCCCCC(=O)N[C@H](Cc1ccccc1)C(=O)NC(C)C(=O)O.CCCCCN[C@H]1CCC2(C)C(=CC[C@@H]3C2CCC2(C)C3CCC2[C@H](C)CCCC(C)C)C1. The minimum absolute atomic E-state index is 0.0188. The molecule has 9 N–H and O–H groups in total. The van der Waals surface area contributed by atoms with E-state index in [-0.39, 0.29) is 100 Å². The molecule has 5 rings (SSSR count). The Bertz CT molecular complexity index is 2170. The predicted octanol–water partition coefficient (Wildman–Crippen LogP) is 7.81. The Morgan fingerprint density at radius 1 is 0.625 bits per heavy atom. The first kappa shape index (κ1) is 67.2. The van der Waals surface area contributed by atoms with Gasteiger partial charge in [-0.3, -0.25) is 38.4 Å².